The highest BCUT2D eigenvalue weighted by Gasteiger charge is 2.15. The number of allylic oxidation sites excluding steroid dienone is 1. The molecule has 0 aliphatic carbocycles. The van der Waals surface area contributed by atoms with Gasteiger partial charge in [0.15, 0.2) is 5.76 Å². The summed E-state index contributed by atoms with van der Waals surface area (Å²) in [5.74, 6) is 0.297. The first-order valence-electron chi connectivity index (χ1n) is 5.92. The van der Waals surface area contributed by atoms with Crippen molar-refractivity contribution in [3.8, 4) is 6.07 Å². The Hall–Kier alpha value is -2.68. The Labute approximate surface area is 118 Å². The van der Waals surface area contributed by atoms with Gasteiger partial charge in [0.05, 0.1) is 11.4 Å². The normalized spacial score (nSPS) is 11.4. The predicted molar refractivity (Wildman–Crippen MR) is 75.0 cm³/mol. The van der Waals surface area contributed by atoms with Gasteiger partial charge < -0.3 is 4.65 Å². The second-order valence-electron chi connectivity index (χ2n) is 4.11. The molecular formula is C14H11BN4O. The molecule has 96 valence electrons. The number of benzene rings is 1. The standard InChI is InChI=1S/C14H11BN4O/c1-9-10(2)18-19-14(17-9)13(20-15)12(8-16)11-6-4-3-5-7-11/h3-7H,1-2H3/b13-12-. The third kappa shape index (κ3) is 2.67. The number of rotatable bonds is 3. The van der Waals surface area contributed by atoms with E-state index in [1.54, 1.807) is 26.0 Å². The zero-order chi connectivity index (χ0) is 14.5. The van der Waals surface area contributed by atoms with E-state index in [1.807, 2.05) is 18.2 Å². The van der Waals surface area contributed by atoms with E-state index in [4.69, 9.17) is 12.7 Å². The summed E-state index contributed by atoms with van der Waals surface area (Å²) in [7, 11) is 5.29. The molecule has 6 heteroatoms. The summed E-state index contributed by atoms with van der Waals surface area (Å²) in [4.78, 5) is 4.25. The number of hydrogen-bond donors (Lipinski definition) is 0. The van der Waals surface area contributed by atoms with Crippen LogP contribution < -0.4 is 0 Å². The average molecular weight is 262 g/mol. The zero-order valence-electron chi connectivity index (χ0n) is 11.2. The largest absolute Gasteiger partial charge is 0.564 e. The minimum atomic E-state index is 0.106. The van der Waals surface area contributed by atoms with Crippen molar-refractivity contribution in [2.45, 2.75) is 13.8 Å². The van der Waals surface area contributed by atoms with Crippen LogP contribution in [-0.2, 0) is 4.65 Å². The van der Waals surface area contributed by atoms with Crippen molar-refractivity contribution in [3.63, 3.8) is 0 Å². The van der Waals surface area contributed by atoms with E-state index in [-0.39, 0.29) is 17.2 Å². The highest BCUT2D eigenvalue weighted by Crippen LogP contribution is 2.24. The van der Waals surface area contributed by atoms with Crippen molar-refractivity contribution in [2.75, 3.05) is 0 Å². The Morgan fingerprint density at radius 2 is 1.85 bits per heavy atom. The molecule has 2 radical (unpaired) electrons. The van der Waals surface area contributed by atoms with Crippen molar-refractivity contribution in [1.82, 2.24) is 15.2 Å². The molecule has 1 aromatic heterocycles. The Balaban J connectivity index is 2.62. The van der Waals surface area contributed by atoms with Crippen LogP contribution in [-0.4, -0.2) is 23.2 Å². The Bertz CT molecular complexity index is 692. The van der Waals surface area contributed by atoms with Gasteiger partial charge in [-0.15, -0.1) is 5.10 Å². The van der Waals surface area contributed by atoms with E-state index < -0.39 is 0 Å². The van der Waals surface area contributed by atoms with Crippen LogP contribution in [0.1, 0.15) is 22.8 Å². The minimum Gasteiger partial charge on any atom is -0.564 e. The van der Waals surface area contributed by atoms with Gasteiger partial charge in [-0.1, -0.05) is 30.3 Å². The summed E-state index contributed by atoms with van der Waals surface area (Å²) in [5.41, 5.74) is 2.36. The van der Waals surface area contributed by atoms with Crippen LogP contribution in [0, 0.1) is 25.2 Å². The van der Waals surface area contributed by atoms with Crippen LogP contribution in [0.4, 0.5) is 0 Å². The van der Waals surface area contributed by atoms with Gasteiger partial charge in [-0.2, -0.15) is 10.4 Å². The lowest BCUT2D eigenvalue weighted by molar-refractivity contribution is 0.562. The second-order valence-corrected chi connectivity index (χ2v) is 4.11. The molecule has 0 aliphatic heterocycles. The fourth-order valence-electron chi connectivity index (χ4n) is 1.63. The molecule has 1 aromatic carbocycles. The lowest BCUT2D eigenvalue weighted by atomic mass is 10.1. The van der Waals surface area contributed by atoms with Gasteiger partial charge in [0, 0.05) is 0 Å². The molecule has 2 aromatic rings. The number of aromatic nitrogens is 3. The quantitative estimate of drug-likeness (QED) is 0.480. The molecule has 0 unspecified atom stereocenters. The first-order chi connectivity index (χ1) is 9.67. The van der Waals surface area contributed by atoms with Gasteiger partial charge in [0.2, 0.25) is 5.82 Å². The van der Waals surface area contributed by atoms with Gasteiger partial charge in [-0.3, -0.25) is 0 Å². The van der Waals surface area contributed by atoms with Gasteiger partial charge in [-0.05, 0) is 19.4 Å². The predicted octanol–water partition coefficient (Wildman–Crippen LogP) is 1.98. The average Bonchev–Trinajstić information content (AvgIpc) is 2.48. The third-order valence-electron chi connectivity index (χ3n) is 2.81. The van der Waals surface area contributed by atoms with Crippen LogP contribution in [0.15, 0.2) is 30.3 Å². The number of nitriles is 1. The molecule has 0 fully saturated rings. The summed E-state index contributed by atoms with van der Waals surface area (Å²) in [6.45, 7) is 3.60. The highest BCUT2D eigenvalue weighted by molar-refractivity contribution is 6.05. The lowest BCUT2D eigenvalue weighted by Gasteiger charge is -2.09. The fraction of sp³-hybridized carbons (Fsp3) is 0.143. The maximum absolute atomic E-state index is 9.35. The van der Waals surface area contributed by atoms with Crippen molar-refractivity contribution < 1.29 is 4.65 Å². The number of hydrogen-bond acceptors (Lipinski definition) is 5. The molecule has 0 amide bonds. The zero-order valence-corrected chi connectivity index (χ0v) is 11.2. The molecular weight excluding hydrogens is 251 g/mol. The summed E-state index contributed by atoms with van der Waals surface area (Å²) < 4.78 is 4.83. The second kappa shape index (κ2) is 5.98. The number of aryl methyl sites for hydroxylation is 2. The SMILES string of the molecule is [B]O/C(=C(/C#N)c1ccccc1)c1nnc(C)c(C)n1. The summed E-state index contributed by atoms with van der Waals surface area (Å²) >= 11 is 0. The van der Waals surface area contributed by atoms with Gasteiger partial charge in [0.1, 0.15) is 11.6 Å². The maximum Gasteiger partial charge on any atom is 0.374 e. The van der Waals surface area contributed by atoms with Gasteiger partial charge in [-0.25, -0.2) is 4.98 Å². The first kappa shape index (κ1) is 13.7. The smallest absolute Gasteiger partial charge is 0.374 e. The summed E-state index contributed by atoms with van der Waals surface area (Å²) in [5, 5.41) is 17.2. The molecule has 0 spiro atoms. The summed E-state index contributed by atoms with van der Waals surface area (Å²) in [6.07, 6.45) is 0. The van der Waals surface area contributed by atoms with E-state index in [9.17, 15) is 5.26 Å². The first-order valence-corrected chi connectivity index (χ1v) is 5.92. The van der Waals surface area contributed by atoms with E-state index >= 15 is 0 Å². The molecule has 20 heavy (non-hydrogen) atoms. The molecule has 2 rings (SSSR count). The van der Waals surface area contributed by atoms with Crippen LogP contribution in [0.25, 0.3) is 11.3 Å². The molecule has 1 heterocycles. The monoisotopic (exact) mass is 262 g/mol. The molecule has 5 nitrogen and oxygen atoms in total. The maximum atomic E-state index is 9.35. The molecule has 0 N–H and O–H groups in total. The van der Waals surface area contributed by atoms with Crippen molar-refractivity contribution >= 4 is 19.4 Å². The van der Waals surface area contributed by atoms with Crippen LogP contribution in [0.3, 0.4) is 0 Å². The Kier molecular flexibility index (Phi) is 4.11. The van der Waals surface area contributed by atoms with Crippen LogP contribution in [0.5, 0.6) is 0 Å². The van der Waals surface area contributed by atoms with Crippen LogP contribution >= 0.6 is 0 Å². The van der Waals surface area contributed by atoms with Crippen molar-refractivity contribution in [3.05, 3.63) is 53.1 Å². The third-order valence-corrected chi connectivity index (χ3v) is 2.81. The van der Waals surface area contributed by atoms with Crippen molar-refractivity contribution in [1.29, 1.82) is 5.26 Å². The summed E-state index contributed by atoms with van der Waals surface area (Å²) in [6, 6.07) is 11.1. The van der Waals surface area contributed by atoms with Crippen LogP contribution in [0.2, 0.25) is 0 Å². The molecule has 0 atom stereocenters. The van der Waals surface area contributed by atoms with Gasteiger partial charge in [0.25, 0.3) is 0 Å². The number of nitrogens with zero attached hydrogens (tertiary/aromatic N) is 4. The molecule has 0 saturated heterocycles. The topological polar surface area (TPSA) is 71.7 Å². The highest BCUT2D eigenvalue weighted by atomic mass is 16.4. The Morgan fingerprint density at radius 1 is 1.15 bits per heavy atom. The van der Waals surface area contributed by atoms with E-state index in [2.05, 4.69) is 21.3 Å². The lowest BCUT2D eigenvalue weighted by Crippen LogP contribution is -2.05. The van der Waals surface area contributed by atoms with E-state index in [0.717, 1.165) is 0 Å². The van der Waals surface area contributed by atoms with E-state index in [0.29, 0.717) is 17.0 Å². The Morgan fingerprint density at radius 3 is 2.40 bits per heavy atom. The molecule has 0 aliphatic rings. The van der Waals surface area contributed by atoms with E-state index in [1.165, 1.54) is 0 Å². The molecule has 0 saturated carbocycles. The fourth-order valence-corrected chi connectivity index (χ4v) is 1.63. The van der Waals surface area contributed by atoms with Gasteiger partial charge >= 0.3 is 8.05 Å². The molecule has 0 bridgehead atoms. The van der Waals surface area contributed by atoms with Crippen molar-refractivity contribution in [2.24, 2.45) is 0 Å². The minimum absolute atomic E-state index is 0.106.